The third kappa shape index (κ3) is 4.61. The summed E-state index contributed by atoms with van der Waals surface area (Å²) in [6.45, 7) is 6.03. The zero-order valence-electron chi connectivity index (χ0n) is 15.9. The fourth-order valence-corrected chi connectivity index (χ4v) is 3.47. The van der Waals surface area contributed by atoms with Gasteiger partial charge in [0.2, 0.25) is 10.0 Å². The first-order chi connectivity index (χ1) is 12.3. The van der Waals surface area contributed by atoms with Crippen LogP contribution in [0.4, 0.5) is 5.69 Å². The molecule has 27 heavy (non-hydrogen) atoms. The van der Waals surface area contributed by atoms with Crippen molar-refractivity contribution in [3.8, 4) is 5.75 Å². The number of carbonyl (C=O) groups excluding carboxylic acids is 1. The molecule has 0 saturated carbocycles. The van der Waals surface area contributed by atoms with Gasteiger partial charge in [0.05, 0.1) is 21.2 Å². The van der Waals surface area contributed by atoms with Crippen molar-refractivity contribution in [2.45, 2.75) is 31.1 Å². The Hall–Kier alpha value is -2.09. The van der Waals surface area contributed by atoms with E-state index >= 15 is 0 Å². The van der Waals surface area contributed by atoms with Crippen molar-refractivity contribution < 1.29 is 18.3 Å². The fraction of sp³-hybridized carbons (Fsp3) is 0.316. The summed E-state index contributed by atoms with van der Waals surface area (Å²) in [4.78, 5) is 12.6. The quantitative estimate of drug-likeness (QED) is 0.749. The number of phenols is 1. The van der Waals surface area contributed by atoms with Crippen LogP contribution in [0.25, 0.3) is 0 Å². The van der Waals surface area contributed by atoms with Crippen molar-refractivity contribution in [2.75, 3.05) is 19.4 Å². The first-order valence-corrected chi connectivity index (χ1v) is 10.0. The van der Waals surface area contributed by atoms with Gasteiger partial charge in [-0.15, -0.1) is 0 Å². The molecule has 2 aromatic rings. The molecule has 0 unspecified atom stereocenters. The first-order valence-electron chi connectivity index (χ1n) is 8.21. The number of phenolic OH excluding ortho intramolecular Hbond substituents is 1. The molecule has 0 aliphatic carbocycles. The van der Waals surface area contributed by atoms with Gasteiger partial charge in [0, 0.05) is 14.1 Å². The van der Waals surface area contributed by atoms with Gasteiger partial charge in [-0.3, -0.25) is 4.79 Å². The predicted molar refractivity (Wildman–Crippen MR) is 107 cm³/mol. The van der Waals surface area contributed by atoms with Gasteiger partial charge >= 0.3 is 0 Å². The second-order valence-corrected chi connectivity index (χ2v) is 9.92. The number of aromatic hydroxyl groups is 1. The van der Waals surface area contributed by atoms with E-state index in [1.54, 1.807) is 12.1 Å². The number of benzene rings is 2. The maximum absolute atomic E-state index is 12.7. The minimum absolute atomic E-state index is 0.000142. The van der Waals surface area contributed by atoms with Crippen molar-refractivity contribution in [1.82, 2.24) is 4.31 Å². The largest absolute Gasteiger partial charge is 0.506 e. The highest BCUT2D eigenvalue weighted by Gasteiger charge is 2.22. The van der Waals surface area contributed by atoms with Gasteiger partial charge in [-0.25, -0.2) is 12.7 Å². The number of hydrogen-bond donors (Lipinski definition) is 2. The number of nitrogens with zero attached hydrogens (tertiary/aromatic N) is 1. The highest BCUT2D eigenvalue weighted by molar-refractivity contribution is 7.89. The summed E-state index contributed by atoms with van der Waals surface area (Å²) in [5, 5.41) is 12.8. The average molecular weight is 411 g/mol. The van der Waals surface area contributed by atoms with Crippen LogP contribution in [0.2, 0.25) is 5.02 Å². The first kappa shape index (κ1) is 21.2. The molecular weight excluding hydrogens is 388 g/mol. The molecule has 1 amide bonds. The average Bonchev–Trinajstić information content (AvgIpc) is 2.55. The molecule has 2 aromatic carbocycles. The van der Waals surface area contributed by atoms with E-state index in [-0.39, 0.29) is 32.3 Å². The van der Waals surface area contributed by atoms with E-state index in [0.717, 1.165) is 9.87 Å². The van der Waals surface area contributed by atoms with Crippen LogP contribution in [0.1, 0.15) is 36.7 Å². The summed E-state index contributed by atoms with van der Waals surface area (Å²) in [6.07, 6.45) is 0. The normalized spacial score (nSPS) is 12.3. The molecule has 0 heterocycles. The van der Waals surface area contributed by atoms with E-state index < -0.39 is 15.9 Å². The Morgan fingerprint density at radius 1 is 1.11 bits per heavy atom. The lowest BCUT2D eigenvalue weighted by Gasteiger charge is -2.20. The molecular formula is C19H23ClN2O4S. The molecule has 8 heteroatoms. The van der Waals surface area contributed by atoms with Gasteiger partial charge < -0.3 is 10.4 Å². The highest BCUT2D eigenvalue weighted by Crippen LogP contribution is 2.31. The standard InChI is InChI=1S/C19H23ClN2O4S/c1-19(2,3)12-6-9-17(23)16(10-12)21-18(24)14-11-13(7-8-15(14)20)27(25,26)22(4)5/h6-11,23H,1-5H3,(H,21,24). The Kier molecular flexibility index (Phi) is 5.89. The molecule has 0 radical (unpaired) electrons. The maximum atomic E-state index is 12.7. The van der Waals surface area contributed by atoms with E-state index in [9.17, 15) is 18.3 Å². The van der Waals surface area contributed by atoms with Gasteiger partial charge in [0.15, 0.2) is 0 Å². The lowest BCUT2D eigenvalue weighted by molar-refractivity contribution is 0.102. The Balaban J connectivity index is 2.43. The number of rotatable bonds is 4. The SMILES string of the molecule is CN(C)S(=O)(=O)c1ccc(Cl)c(C(=O)Nc2cc(C(C)(C)C)ccc2O)c1. The van der Waals surface area contributed by atoms with Crippen molar-refractivity contribution in [2.24, 2.45) is 0 Å². The van der Waals surface area contributed by atoms with Crippen molar-refractivity contribution in [3.63, 3.8) is 0 Å². The van der Waals surface area contributed by atoms with Gasteiger partial charge in [-0.1, -0.05) is 38.4 Å². The van der Waals surface area contributed by atoms with Gasteiger partial charge in [0.25, 0.3) is 5.91 Å². The molecule has 0 bridgehead atoms. The van der Waals surface area contributed by atoms with Gasteiger partial charge in [0.1, 0.15) is 5.75 Å². The van der Waals surface area contributed by atoms with E-state index in [2.05, 4.69) is 5.32 Å². The van der Waals surface area contributed by atoms with Crippen LogP contribution in [0, 0.1) is 0 Å². The molecule has 146 valence electrons. The number of amides is 1. The topological polar surface area (TPSA) is 86.7 Å². The van der Waals surface area contributed by atoms with Crippen LogP contribution < -0.4 is 5.32 Å². The van der Waals surface area contributed by atoms with Gasteiger partial charge in [-0.05, 0) is 41.3 Å². The second-order valence-electron chi connectivity index (χ2n) is 7.37. The predicted octanol–water partition coefficient (Wildman–Crippen LogP) is 3.85. The minimum Gasteiger partial charge on any atom is -0.506 e. The van der Waals surface area contributed by atoms with Crippen molar-refractivity contribution in [1.29, 1.82) is 0 Å². The number of sulfonamides is 1. The third-order valence-corrected chi connectivity index (χ3v) is 6.21. The molecule has 0 fully saturated rings. The smallest absolute Gasteiger partial charge is 0.257 e. The maximum Gasteiger partial charge on any atom is 0.257 e. The molecule has 2 N–H and O–H groups in total. The van der Waals surface area contributed by atoms with E-state index in [0.29, 0.717) is 0 Å². The number of anilines is 1. The molecule has 0 aromatic heterocycles. The third-order valence-electron chi connectivity index (χ3n) is 4.07. The van der Waals surface area contributed by atoms with Crippen LogP contribution in [-0.2, 0) is 15.4 Å². The van der Waals surface area contributed by atoms with Crippen molar-refractivity contribution >= 4 is 33.2 Å². The van der Waals surface area contributed by atoms with Crippen LogP contribution in [-0.4, -0.2) is 37.8 Å². The summed E-state index contributed by atoms with van der Waals surface area (Å²) >= 11 is 6.10. The Morgan fingerprint density at radius 2 is 1.74 bits per heavy atom. The monoisotopic (exact) mass is 410 g/mol. The summed E-state index contributed by atoms with van der Waals surface area (Å²) in [5.41, 5.74) is 0.972. The number of hydrogen-bond acceptors (Lipinski definition) is 4. The van der Waals surface area contributed by atoms with Crippen molar-refractivity contribution in [3.05, 3.63) is 52.5 Å². The van der Waals surface area contributed by atoms with E-state index in [4.69, 9.17) is 11.6 Å². The zero-order chi connectivity index (χ0) is 20.6. The summed E-state index contributed by atoms with van der Waals surface area (Å²) in [6, 6.07) is 8.89. The molecule has 2 rings (SSSR count). The van der Waals surface area contributed by atoms with Crippen LogP contribution >= 0.6 is 11.6 Å². The molecule has 0 aliphatic rings. The number of halogens is 1. The molecule has 0 atom stereocenters. The lowest BCUT2D eigenvalue weighted by Crippen LogP contribution is -2.23. The highest BCUT2D eigenvalue weighted by atomic mass is 35.5. The zero-order valence-corrected chi connectivity index (χ0v) is 17.4. The molecule has 0 spiro atoms. The minimum atomic E-state index is -3.71. The Bertz CT molecular complexity index is 980. The van der Waals surface area contributed by atoms with Crippen LogP contribution in [0.5, 0.6) is 5.75 Å². The fourth-order valence-electron chi connectivity index (χ4n) is 2.34. The van der Waals surface area contributed by atoms with E-state index in [1.807, 2.05) is 20.8 Å². The Morgan fingerprint density at radius 3 is 2.30 bits per heavy atom. The molecule has 0 saturated heterocycles. The Labute approximate surface area is 164 Å². The molecule has 6 nitrogen and oxygen atoms in total. The number of carbonyl (C=O) groups is 1. The summed E-state index contributed by atoms with van der Waals surface area (Å²) in [5.74, 6) is -0.707. The van der Waals surface area contributed by atoms with Gasteiger partial charge in [-0.2, -0.15) is 0 Å². The lowest BCUT2D eigenvalue weighted by atomic mass is 9.87. The second kappa shape index (κ2) is 7.50. The van der Waals surface area contributed by atoms with Crippen LogP contribution in [0.15, 0.2) is 41.3 Å². The van der Waals surface area contributed by atoms with E-state index in [1.165, 1.54) is 38.4 Å². The van der Waals surface area contributed by atoms with Crippen LogP contribution in [0.3, 0.4) is 0 Å². The molecule has 0 aliphatic heterocycles. The number of nitrogens with one attached hydrogen (secondary N) is 1. The summed E-state index contributed by atoms with van der Waals surface area (Å²) < 4.78 is 25.6. The summed E-state index contributed by atoms with van der Waals surface area (Å²) in [7, 11) is -0.906.